The van der Waals surface area contributed by atoms with Crippen LogP contribution in [-0.2, 0) is 4.79 Å². The van der Waals surface area contributed by atoms with E-state index in [0.29, 0.717) is 13.0 Å². The van der Waals surface area contributed by atoms with Crippen LogP contribution in [-0.4, -0.2) is 12.5 Å². The molecule has 1 radical (unpaired) electrons. The van der Waals surface area contributed by atoms with E-state index in [1.807, 2.05) is 13.8 Å². The van der Waals surface area contributed by atoms with Gasteiger partial charge in [-0.2, -0.15) is 0 Å². The number of amides is 1. The molecule has 0 aromatic rings. The van der Waals surface area contributed by atoms with Crippen molar-refractivity contribution in [3.63, 3.8) is 0 Å². The molecule has 0 atom stereocenters. The Morgan fingerprint density at radius 1 is 1.33 bits per heavy atom. The fourth-order valence-corrected chi connectivity index (χ4v) is 0.529. The summed E-state index contributed by atoms with van der Waals surface area (Å²) in [5.74, 6) is 0.0550. The Kier molecular flexibility index (Phi) is 5.27. The van der Waals surface area contributed by atoms with E-state index in [-0.39, 0.29) is 5.91 Å². The summed E-state index contributed by atoms with van der Waals surface area (Å²) in [6.07, 6.45) is 2.49. The van der Waals surface area contributed by atoms with Gasteiger partial charge in [0.05, 0.1) is 0 Å². The molecular formula is C7H14NO. The Morgan fingerprint density at radius 3 is 2.44 bits per heavy atom. The van der Waals surface area contributed by atoms with Crippen molar-refractivity contribution < 1.29 is 4.79 Å². The van der Waals surface area contributed by atoms with Crippen molar-refractivity contribution in [3.05, 3.63) is 0 Å². The summed E-state index contributed by atoms with van der Waals surface area (Å²) in [5.41, 5.74) is 0. The van der Waals surface area contributed by atoms with Gasteiger partial charge in [0.25, 0.3) is 0 Å². The summed E-state index contributed by atoms with van der Waals surface area (Å²) in [5, 5.41) is 3.79. The van der Waals surface area contributed by atoms with Gasteiger partial charge < -0.3 is 0 Å². The van der Waals surface area contributed by atoms with Gasteiger partial charge in [-0.3, -0.25) is 10.1 Å². The second kappa shape index (κ2) is 5.60. The molecule has 0 aliphatic carbocycles. The summed E-state index contributed by atoms with van der Waals surface area (Å²) < 4.78 is 0. The Balaban J connectivity index is 3.06. The topological polar surface area (TPSA) is 31.2 Å². The molecule has 0 bridgehead atoms. The lowest BCUT2D eigenvalue weighted by molar-refractivity contribution is -0.121. The molecule has 0 aromatic heterocycles. The maximum Gasteiger partial charge on any atom is 0.241 e. The second-order valence-corrected chi connectivity index (χ2v) is 2.03. The molecule has 0 heterocycles. The van der Waals surface area contributed by atoms with Crippen LogP contribution in [0.1, 0.15) is 33.1 Å². The maximum atomic E-state index is 10.6. The highest BCUT2D eigenvalue weighted by Crippen LogP contribution is 1.86. The Hall–Kier alpha value is -0.530. The van der Waals surface area contributed by atoms with Gasteiger partial charge in [0.2, 0.25) is 5.91 Å². The number of hydrogen-bond donors (Lipinski definition) is 0. The molecule has 2 nitrogen and oxygen atoms in total. The van der Waals surface area contributed by atoms with E-state index in [2.05, 4.69) is 5.32 Å². The number of hydrogen-bond acceptors (Lipinski definition) is 1. The molecule has 0 aromatic carbocycles. The van der Waals surface area contributed by atoms with E-state index < -0.39 is 0 Å². The number of rotatable bonds is 4. The molecule has 1 amide bonds. The summed E-state index contributed by atoms with van der Waals surface area (Å²) in [6.45, 7) is 4.70. The van der Waals surface area contributed by atoms with E-state index >= 15 is 0 Å². The van der Waals surface area contributed by atoms with Crippen molar-refractivity contribution in [2.75, 3.05) is 6.54 Å². The molecule has 53 valence electrons. The summed E-state index contributed by atoms with van der Waals surface area (Å²) in [6, 6.07) is 0. The van der Waals surface area contributed by atoms with Crippen LogP contribution in [0.25, 0.3) is 0 Å². The van der Waals surface area contributed by atoms with Gasteiger partial charge in [-0.1, -0.05) is 13.8 Å². The monoisotopic (exact) mass is 128 g/mol. The van der Waals surface area contributed by atoms with Crippen LogP contribution < -0.4 is 5.32 Å². The Labute approximate surface area is 56.6 Å². The Morgan fingerprint density at radius 2 is 2.00 bits per heavy atom. The first kappa shape index (κ1) is 8.47. The average Bonchev–Trinajstić information content (AvgIpc) is 1.85. The average molecular weight is 128 g/mol. The van der Waals surface area contributed by atoms with E-state index in [1.165, 1.54) is 0 Å². The molecule has 2 heteroatoms. The third kappa shape index (κ3) is 5.34. The standard InChI is InChI=1S/C7H14NO/c1-3-5-7(9)8-6-4-2/h3-6H2,1-2H3. The predicted octanol–water partition coefficient (Wildman–Crippen LogP) is 1.33. The van der Waals surface area contributed by atoms with Crippen molar-refractivity contribution >= 4 is 5.91 Å². The molecule has 0 fully saturated rings. The highest BCUT2D eigenvalue weighted by molar-refractivity contribution is 5.75. The minimum atomic E-state index is 0.0550. The van der Waals surface area contributed by atoms with Crippen LogP contribution >= 0.6 is 0 Å². The van der Waals surface area contributed by atoms with Crippen LogP contribution in [0, 0.1) is 0 Å². The van der Waals surface area contributed by atoms with Gasteiger partial charge >= 0.3 is 0 Å². The van der Waals surface area contributed by atoms with Gasteiger partial charge in [0, 0.05) is 13.0 Å². The third-order valence-corrected chi connectivity index (χ3v) is 0.976. The second-order valence-electron chi connectivity index (χ2n) is 2.03. The lowest BCUT2D eigenvalue weighted by Crippen LogP contribution is -2.15. The molecule has 0 saturated heterocycles. The van der Waals surface area contributed by atoms with Crippen molar-refractivity contribution in [1.82, 2.24) is 5.32 Å². The molecule has 0 unspecified atom stereocenters. The van der Waals surface area contributed by atoms with Gasteiger partial charge in [-0.25, -0.2) is 0 Å². The van der Waals surface area contributed by atoms with Crippen LogP contribution in [0.15, 0.2) is 0 Å². The fourth-order valence-electron chi connectivity index (χ4n) is 0.529. The number of carbonyl (C=O) groups excluding carboxylic acids is 1. The minimum absolute atomic E-state index is 0.0550. The highest BCUT2D eigenvalue weighted by Gasteiger charge is 1.96. The zero-order valence-electron chi connectivity index (χ0n) is 6.18. The molecule has 0 saturated carbocycles. The van der Waals surface area contributed by atoms with Crippen LogP contribution in [0.4, 0.5) is 0 Å². The lowest BCUT2D eigenvalue weighted by Gasteiger charge is -1.95. The van der Waals surface area contributed by atoms with E-state index in [1.54, 1.807) is 0 Å². The van der Waals surface area contributed by atoms with Crippen molar-refractivity contribution in [2.24, 2.45) is 0 Å². The number of nitrogens with zero attached hydrogens (tertiary/aromatic N) is 1. The predicted molar refractivity (Wildman–Crippen MR) is 37.2 cm³/mol. The summed E-state index contributed by atoms with van der Waals surface area (Å²) in [4.78, 5) is 10.6. The normalized spacial score (nSPS) is 9.11. The molecule has 0 aliphatic rings. The molecule has 0 N–H and O–H groups in total. The summed E-state index contributed by atoms with van der Waals surface area (Å²) in [7, 11) is 0. The molecule has 0 rings (SSSR count). The third-order valence-electron chi connectivity index (χ3n) is 0.976. The van der Waals surface area contributed by atoms with Gasteiger partial charge in [-0.15, -0.1) is 0 Å². The zero-order chi connectivity index (χ0) is 7.11. The van der Waals surface area contributed by atoms with Crippen molar-refractivity contribution in [3.8, 4) is 0 Å². The largest absolute Gasteiger partial charge is 0.273 e. The highest BCUT2D eigenvalue weighted by atomic mass is 16.1. The Bertz CT molecular complexity index is 81.0. The van der Waals surface area contributed by atoms with Crippen molar-refractivity contribution in [2.45, 2.75) is 33.1 Å². The van der Waals surface area contributed by atoms with E-state index in [4.69, 9.17) is 0 Å². The molecule has 0 spiro atoms. The first-order valence-electron chi connectivity index (χ1n) is 3.51. The number of carbonyl (C=O) groups is 1. The molecular weight excluding hydrogens is 114 g/mol. The fraction of sp³-hybridized carbons (Fsp3) is 0.857. The van der Waals surface area contributed by atoms with Crippen LogP contribution in [0.3, 0.4) is 0 Å². The van der Waals surface area contributed by atoms with Crippen molar-refractivity contribution in [1.29, 1.82) is 0 Å². The quantitative estimate of drug-likeness (QED) is 0.562. The SMILES string of the molecule is CCC[N]C(=O)CCC. The van der Waals surface area contributed by atoms with Gasteiger partial charge in [0.15, 0.2) is 0 Å². The van der Waals surface area contributed by atoms with Gasteiger partial charge in [-0.05, 0) is 12.8 Å². The van der Waals surface area contributed by atoms with E-state index in [0.717, 1.165) is 12.8 Å². The zero-order valence-corrected chi connectivity index (χ0v) is 6.18. The minimum Gasteiger partial charge on any atom is -0.273 e. The molecule has 0 aliphatic heterocycles. The smallest absolute Gasteiger partial charge is 0.241 e. The molecule has 9 heavy (non-hydrogen) atoms. The van der Waals surface area contributed by atoms with Crippen LogP contribution in [0.5, 0.6) is 0 Å². The maximum absolute atomic E-state index is 10.6. The van der Waals surface area contributed by atoms with Crippen LogP contribution in [0.2, 0.25) is 0 Å². The first-order chi connectivity index (χ1) is 4.31. The lowest BCUT2D eigenvalue weighted by atomic mass is 10.3. The summed E-state index contributed by atoms with van der Waals surface area (Å²) >= 11 is 0. The first-order valence-corrected chi connectivity index (χ1v) is 3.51. The van der Waals surface area contributed by atoms with E-state index in [9.17, 15) is 4.79 Å². The van der Waals surface area contributed by atoms with Gasteiger partial charge in [0.1, 0.15) is 0 Å².